The number of para-hydroxylation sites is 1. The smallest absolute Gasteiger partial charge is 0.197 e. The third kappa shape index (κ3) is 2.69. The van der Waals surface area contributed by atoms with Gasteiger partial charge in [0.05, 0.1) is 5.69 Å². The summed E-state index contributed by atoms with van der Waals surface area (Å²) >= 11 is 0. The maximum absolute atomic E-state index is 9.46. The molecule has 0 heterocycles. The Morgan fingerprint density at radius 2 is 2.08 bits per heavy atom. The molecule has 4 N–H and O–H groups in total. The van der Waals surface area contributed by atoms with Crippen LogP contribution in [-0.4, -0.2) is 18.0 Å². The van der Waals surface area contributed by atoms with Gasteiger partial charge in [-0.1, -0.05) is 25.1 Å². The van der Waals surface area contributed by atoms with Gasteiger partial charge in [-0.3, -0.25) is 10.3 Å². The predicted octanol–water partition coefficient (Wildman–Crippen LogP) is 0.252. The summed E-state index contributed by atoms with van der Waals surface area (Å²) in [5.41, 5.74) is 0.774. The number of hydrogen-bond donors (Lipinski definition) is 3. The molecule has 1 aromatic carbocycles. The van der Waals surface area contributed by atoms with Crippen LogP contribution in [0.3, 0.4) is 0 Å². The summed E-state index contributed by atoms with van der Waals surface area (Å²) in [7, 11) is 0. The van der Waals surface area contributed by atoms with Crippen molar-refractivity contribution in [3.63, 3.8) is 0 Å². The molecule has 1 aromatic rings. The second-order valence-corrected chi connectivity index (χ2v) is 2.67. The summed E-state index contributed by atoms with van der Waals surface area (Å²) < 4.78 is 0. The van der Waals surface area contributed by atoms with E-state index < -0.39 is 6.35 Å². The third-order valence-corrected chi connectivity index (χ3v) is 1.70. The van der Waals surface area contributed by atoms with Crippen LogP contribution in [0.5, 0.6) is 0 Å². The first-order valence-corrected chi connectivity index (χ1v) is 4.26. The van der Waals surface area contributed by atoms with E-state index in [0.717, 1.165) is 5.69 Å². The van der Waals surface area contributed by atoms with Crippen molar-refractivity contribution in [1.29, 1.82) is 0 Å². The van der Waals surface area contributed by atoms with E-state index in [1.165, 1.54) is 5.01 Å². The summed E-state index contributed by atoms with van der Waals surface area (Å²) in [6.45, 7) is 2.57. The minimum atomic E-state index is -0.840. The Hall–Kier alpha value is -1.10. The van der Waals surface area contributed by atoms with Crippen LogP contribution in [-0.2, 0) is 0 Å². The van der Waals surface area contributed by atoms with Crippen LogP contribution in [0.2, 0.25) is 0 Å². The molecule has 1 unspecified atom stereocenters. The quantitative estimate of drug-likeness (QED) is 0.354. The van der Waals surface area contributed by atoms with E-state index in [4.69, 9.17) is 5.84 Å². The zero-order valence-corrected chi connectivity index (χ0v) is 7.64. The summed E-state index contributed by atoms with van der Waals surface area (Å²) in [6.07, 6.45) is -0.840. The summed E-state index contributed by atoms with van der Waals surface area (Å²) in [5.74, 6) is 5.65. The van der Waals surface area contributed by atoms with Crippen molar-refractivity contribution in [3.05, 3.63) is 30.3 Å². The second-order valence-electron chi connectivity index (χ2n) is 2.67. The topological polar surface area (TPSA) is 61.5 Å². The van der Waals surface area contributed by atoms with Crippen LogP contribution in [0.15, 0.2) is 30.3 Å². The number of benzene rings is 1. The Morgan fingerprint density at radius 1 is 1.46 bits per heavy atom. The maximum Gasteiger partial charge on any atom is 0.197 e. The Kier molecular flexibility index (Phi) is 3.70. The van der Waals surface area contributed by atoms with Crippen LogP contribution in [0.1, 0.15) is 6.92 Å². The molecule has 4 nitrogen and oxygen atoms in total. The van der Waals surface area contributed by atoms with Crippen LogP contribution in [0.4, 0.5) is 5.69 Å². The number of rotatable bonds is 4. The molecule has 0 radical (unpaired) electrons. The van der Waals surface area contributed by atoms with Crippen molar-refractivity contribution in [1.82, 2.24) is 5.32 Å². The van der Waals surface area contributed by atoms with E-state index in [-0.39, 0.29) is 0 Å². The maximum atomic E-state index is 9.46. The highest BCUT2D eigenvalue weighted by molar-refractivity contribution is 5.44. The lowest BCUT2D eigenvalue weighted by Crippen LogP contribution is -2.50. The first kappa shape index (κ1) is 9.98. The summed E-state index contributed by atoms with van der Waals surface area (Å²) in [4.78, 5) is 0. The highest BCUT2D eigenvalue weighted by Gasteiger charge is 2.09. The first-order valence-electron chi connectivity index (χ1n) is 4.26. The van der Waals surface area contributed by atoms with Gasteiger partial charge in [-0.2, -0.15) is 0 Å². The van der Waals surface area contributed by atoms with E-state index in [2.05, 4.69) is 5.32 Å². The lowest BCUT2D eigenvalue weighted by atomic mass is 10.3. The van der Waals surface area contributed by atoms with Crippen molar-refractivity contribution in [2.45, 2.75) is 13.3 Å². The second kappa shape index (κ2) is 4.81. The van der Waals surface area contributed by atoms with Crippen molar-refractivity contribution < 1.29 is 5.11 Å². The largest absolute Gasteiger partial charge is 0.360 e. The van der Waals surface area contributed by atoms with E-state index >= 15 is 0 Å². The van der Waals surface area contributed by atoms with E-state index in [1.807, 2.05) is 37.3 Å². The molecule has 0 aliphatic rings. The molecule has 0 amide bonds. The SMILES string of the molecule is CCNC(O)N(N)c1ccccc1. The van der Waals surface area contributed by atoms with Gasteiger partial charge in [0.25, 0.3) is 0 Å². The van der Waals surface area contributed by atoms with Crippen molar-refractivity contribution in [3.8, 4) is 0 Å². The Bertz CT molecular complexity index is 240. The lowest BCUT2D eigenvalue weighted by Gasteiger charge is -2.24. The number of hydrazine groups is 1. The molecule has 72 valence electrons. The van der Waals surface area contributed by atoms with Gasteiger partial charge in [-0.05, 0) is 18.7 Å². The fraction of sp³-hybridized carbons (Fsp3) is 0.333. The van der Waals surface area contributed by atoms with Gasteiger partial charge < -0.3 is 5.11 Å². The number of nitrogens with zero attached hydrogens (tertiary/aromatic N) is 1. The molecule has 0 saturated carbocycles. The number of anilines is 1. The van der Waals surface area contributed by atoms with E-state index in [9.17, 15) is 5.11 Å². The Balaban J connectivity index is 2.62. The lowest BCUT2D eigenvalue weighted by molar-refractivity contribution is 0.134. The van der Waals surface area contributed by atoms with Crippen LogP contribution >= 0.6 is 0 Å². The zero-order chi connectivity index (χ0) is 9.68. The van der Waals surface area contributed by atoms with Crippen molar-refractivity contribution >= 4 is 5.69 Å². The molecule has 0 aromatic heterocycles. The van der Waals surface area contributed by atoms with Crippen molar-refractivity contribution in [2.75, 3.05) is 11.6 Å². The number of nitrogens with two attached hydrogens (primary N) is 1. The molecule has 1 atom stereocenters. The predicted molar refractivity (Wildman–Crippen MR) is 52.8 cm³/mol. The van der Waals surface area contributed by atoms with Crippen LogP contribution < -0.4 is 16.2 Å². The molecule has 0 saturated heterocycles. The van der Waals surface area contributed by atoms with Gasteiger partial charge in [-0.25, -0.2) is 5.84 Å². The molecule has 1 rings (SSSR count). The fourth-order valence-corrected chi connectivity index (χ4v) is 1.02. The molecule has 13 heavy (non-hydrogen) atoms. The number of aliphatic hydroxyl groups is 1. The first-order chi connectivity index (χ1) is 6.25. The average Bonchev–Trinajstić information content (AvgIpc) is 2.18. The average molecular weight is 181 g/mol. The molecule has 0 bridgehead atoms. The Labute approximate surface area is 77.9 Å². The van der Waals surface area contributed by atoms with Crippen LogP contribution in [0.25, 0.3) is 0 Å². The fourth-order valence-electron chi connectivity index (χ4n) is 1.02. The molecule has 0 spiro atoms. The van der Waals surface area contributed by atoms with E-state index in [0.29, 0.717) is 6.54 Å². The molecular formula is C9H15N3O. The standard InChI is InChI=1S/C9H15N3O/c1-2-11-9(13)12(10)8-6-4-3-5-7-8/h3-7,9,11,13H,2,10H2,1H3. The van der Waals surface area contributed by atoms with Gasteiger partial charge >= 0.3 is 0 Å². The minimum absolute atomic E-state index is 0.668. The van der Waals surface area contributed by atoms with Gasteiger partial charge in [0, 0.05) is 0 Å². The van der Waals surface area contributed by atoms with Gasteiger partial charge in [-0.15, -0.1) is 0 Å². The van der Waals surface area contributed by atoms with Crippen molar-refractivity contribution in [2.24, 2.45) is 5.84 Å². The zero-order valence-electron chi connectivity index (χ0n) is 7.64. The van der Waals surface area contributed by atoms with E-state index in [1.54, 1.807) is 0 Å². The third-order valence-electron chi connectivity index (χ3n) is 1.70. The molecule has 0 aliphatic carbocycles. The van der Waals surface area contributed by atoms with Crippen LogP contribution in [0, 0.1) is 0 Å². The normalized spacial score (nSPS) is 12.5. The highest BCUT2D eigenvalue weighted by Crippen LogP contribution is 2.09. The number of hydrogen-bond acceptors (Lipinski definition) is 4. The number of nitrogens with one attached hydrogen (secondary N) is 1. The monoisotopic (exact) mass is 181 g/mol. The molecule has 4 heteroatoms. The Morgan fingerprint density at radius 3 is 2.62 bits per heavy atom. The number of aliphatic hydroxyl groups excluding tert-OH is 1. The summed E-state index contributed by atoms with van der Waals surface area (Å²) in [5, 5.41) is 13.5. The molecule has 0 aliphatic heterocycles. The molecule has 0 fully saturated rings. The van der Waals surface area contributed by atoms with Gasteiger partial charge in [0.1, 0.15) is 0 Å². The minimum Gasteiger partial charge on any atom is -0.360 e. The summed E-state index contributed by atoms with van der Waals surface area (Å²) in [6, 6.07) is 9.31. The van der Waals surface area contributed by atoms with Gasteiger partial charge in [0.15, 0.2) is 6.35 Å². The molecular weight excluding hydrogens is 166 g/mol. The highest BCUT2D eigenvalue weighted by atomic mass is 16.3. The van der Waals surface area contributed by atoms with Gasteiger partial charge in [0.2, 0.25) is 0 Å².